The highest BCUT2D eigenvalue weighted by molar-refractivity contribution is 7.31. The van der Waals surface area contributed by atoms with Crippen LogP contribution >= 0.6 is 8.81 Å². The van der Waals surface area contributed by atoms with Crippen LogP contribution < -0.4 is 0 Å². The van der Waals surface area contributed by atoms with E-state index < -0.39 is 0 Å². The maximum atomic E-state index is 8.50. The lowest BCUT2D eigenvalue weighted by Gasteiger charge is -1.97. The molecule has 1 N–H and O–H groups in total. The summed E-state index contributed by atoms with van der Waals surface area (Å²) in [6.07, 6.45) is 8.99. The lowest BCUT2D eigenvalue weighted by molar-refractivity contribution is 0.611. The lowest BCUT2D eigenvalue weighted by Crippen LogP contribution is -1.79. The quantitative estimate of drug-likeness (QED) is 0.450. The molecule has 10 heavy (non-hydrogen) atoms. The van der Waals surface area contributed by atoms with Gasteiger partial charge in [0.05, 0.1) is 0 Å². The van der Waals surface area contributed by atoms with E-state index in [9.17, 15) is 0 Å². The molecule has 1 unspecified atom stereocenters. The molecule has 2 heteroatoms. The van der Waals surface area contributed by atoms with Crippen LogP contribution in [-0.4, -0.2) is 11.1 Å². The molecule has 0 amide bonds. The first kappa shape index (κ1) is 10.4. The van der Waals surface area contributed by atoms with Crippen LogP contribution in [0.4, 0.5) is 0 Å². The van der Waals surface area contributed by atoms with E-state index >= 15 is 0 Å². The van der Waals surface area contributed by atoms with Crippen molar-refractivity contribution in [1.29, 1.82) is 0 Å². The minimum Gasteiger partial charge on any atom is -0.377 e. The summed E-state index contributed by atoms with van der Waals surface area (Å²) in [6.45, 7) is 2.23. The summed E-state index contributed by atoms with van der Waals surface area (Å²) in [5.74, 6) is 0. The molecule has 0 aromatic heterocycles. The fraction of sp³-hybridized carbons (Fsp3) is 1.00. The molecule has 1 atom stereocenters. The number of rotatable bonds is 7. The Morgan fingerprint density at radius 3 is 2.20 bits per heavy atom. The molecule has 0 saturated carbocycles. The Kier molecular flexibility index (Phi) is 9.76. The normalized spacial score (nSPS) is 11.4. The second-order valence-electron chi connectivity index (χ2n) is 2.68. The van der Waals surface area contributed by atoms with Crippen LogP contribution in [0.2, 0.25) is 0 Å². The van der Waals surface area contributed by atoms with Crippen LogP contribution in [-0.2, 0) is 0 Å². The van der Waals surface area contributed by atoms with Crippen LogP contribution in [0.3, 0.4) is 0 Å². The molecule has 0 aliphatic rings. The Hall–Kier alpha value is 0.390. The van der Waals surface area contributed by atoms with Gasteiger partial charge in [-0.25, -0.2) is 0 Å². The molecule has 0 radical (unpaired) electrons. The number of hydrogen-bond acceptors (Lipinski definition) is 1. The van der Waals surface area contributed by atoms with E-state index in [2.05, 4.69) is 6.92 Å². The van der Waals surface area contributed by atoms with Gasteiger partial charge in [0.25, 0.3) is 0 Å². The summed E-state index contributed by atoms with van der Waals surface area (Å²) < 4.78 is 0. The second-order valence-corrected chi connectivity index (χ2v) is 3.49. The minimum atomic E-state index is 0.170. The van der Waals surface area contributed by atoms with E-state index in [4.69, 9.17) is 4.89 Å². The Bertz CT molecular complexity index is 49.2. The van der Waals surface area contributed by atoms with Crippen molar-refractivity contribution in [1.82, 2.24) is 0 Å². The molecule has 0 aliphatic carbocycles. The predicted molar refractivity (Wildman–Crippen MR) is 48.8 cm³/mol. The number of hydrogen-bond donors (Lipinski definition) is 1. The number of unbranched alkanes of at least 4 members (excludes halogenated alkanes) is 5. The second kappa shape index (κ2) is 9.39. The van der Waals surface area contributed by atoms with Gasteiger partial charge in [0.1, 0.15) is 0 Å². The summed E-state index contributed by atoms with van der Waals surface area (Å²) in [6, 6.07) is 0. The van der Waals surface area contributed by atoms with Gasteiger partial charge >= 0.3 is 0 Å². The first-order chi connectivity index (χ1) is 4.91. The van der Waals surface area contributed by atoms with Crippen molar-refractivity contribution in [2.45, 2.75) is 45.4 Å². The molecular formula is C8H19OP. The molecule has 0 heterocycles. The molecule has 0 saturated heterocycles. The molecule has 0 rings (SSSR count). The highest BCUT2D eigenvalue weighted by Crippen LogP contribution is 2.09. The van der Waals surface area contributed by atoms with Crippen molar-refractivity contribution in [3.05, 3.63) is 0 Å². The predicted octanol–water partition coefficient (Wildman–Crippen LogP) is 2.93. The minimum absolute atomic E-state index is 0.170. The van der Waals surface area contributed by atoms with Gasteiger partial charge in [-0.2, -0.15) is 0 Å². The van der Waals surface area contributed by atoms with Gasteiger partial charge in [-0.15, -0.1) is 0 Å². The highest BCUT2D eigenvalue weighted by Gasteiger charge is 1.88. The Morgan fingerprint density at radius 2 is 1.60 bits per heavy atom. The van der Waals surface area contributed by atoms with Crippen LogP contribution in [0.5, 0.6) is 0 Å². The third kappa shape index (κ3) is 8.39. The van der Waals surface area contributed by atoms with E-state index in [1.165, 1.54) is 38.5 Å². The van der Waals surface area contributed by atoms with E-state index in [1.54, 1.807) is 0 Å². The van der Waals surface area contributed by atoms with Crippen molar-refractivity contribution >= 4 is 8.81 Å². The zero-order valence-electron chi connectivity index (χ0n) is 6.90. The van der Waals surface area contributed by atoms with Crippen molar-refractivity contribution < 1.29 is 4.89 Å². The summed E-state index contributed by atoms with van der Waals surface area (Å²) in [5.41, 5.74) is 0. The maximum absolute atomic E-state index is 8.50. The lowest BCUT2D eigenvalue weighted by atomic mass is 10.1. The van der Waals surface area contributed by atoms with E-state index in [0.717, 1.165) is 6.16 Å². The molecule has 1 nitrogen and oxygen atoms in total. The fourth-order valence-corrected chi connectivity index (χ4v) is 1.39. The van der Waals surface area contributed by atoms with E-state index in [1.807, 2.05) is 0 Å². The zero-order chi connectivity index (χ0) is 7.66. The largest absolute Gasteiger partial charge is 0.377 e. The summed E-state index contributed by atoms with van der Waals surface area (Å²) in [5, 5.41) is 0. The molecule has 0 aromatic rings. The van der Waals surface area contributed by atoms with Gasteiger partial charge in [-0.1, -0.05) is 39.0 Å². The molecule has 62 valence electrons. The van der Waals surface area contributed by atoms with Crippen LogP contribution in [0.15, 0.2) is 0 Å². The van der Waals surface area contributed by atoms with Crippen molar-refractivity contribution in [2.75, 3.05) is 6.16 Å². The van der Waals surface area contributed by atoms with Gasteiger partial charge < -0.3 is 4.89 Å². The van der Waals surface area contributed by atoms with Crippen molar-refractivity contribution in [3.8, 4) is 0 Å². The third-order valence-corrected chi connectivity index (χ3v) is 2.22. The third-order valence-electron chi connectivity index (χ3n) is 1.64. The Balaban J connectivity index is 2.65. The summed E-state index contributed by atoms with van der Waals surface area (Å²) in [7, 11) is 0.170. The molecule has 0 fully saturated rings. The average molecular weight is 162 g/mol. The monoisotopic (exact) mass is 162 g/mol. The SMILES string of the molecule is CCCCCCCCPO. The van der Waals surface area contributed by atoms with Gasteiger partial charge in [0, 0.05) is 8.81 Å². The first-order valence-corrected chi connectivity index (χ1v) is 5.44. The topological polar surface area (TPSA) is 20.2 Å². The summed E-state index contributed by atoms with van der Waals surface area (Å²) in [4.78, 5) is 8.50. The molecule has 0 aromatic carbocycles. The maximum Gasteiger partial charge on any atom is 0.0107 e. The van der Waals surface area contributed by atoms with Crippen LogP contribution in [0, 0.1) is 0 Å². The van der Waals surface area contributed by atoms with Crippen molar-refractivity contribution in [3.63, 3.8) is 0 Å². The van der Waals surface area contributed by atoms with Gasteiger partial charge in [0.15, 0.2) is 0 Å². The van der Waals surface area contributed by atoms with Gasteiger partial charge in [0.2, 0.25) is 0 Å². The van der Waals surface area contributed by atoms with Crippen LogP contribution in [0.25, 0.3) is 0 Å². The fourth-order valence-electron chi connectivity index (χ4n) is 0.984. The molecular weight excluding hydrogens is 143 g/mol. The average Bonchev–Trinajstić information content (AvgIpc) is 1.97. The first-order valence-electron chi connectivity index (χ1n) is 4.28. The molecule has 0 bridgehead atoms. The standard InChI is InChI=1S/C8H19OP/c1-2-3-4-5-6-7-8-10-9/h9-10H,2-8H2,1H3. The zero-order valence-corrected chi connectivity index (χ0v) is 7.90. The smallest absolute Gasteiger partial charge is 0.0107 e. The highest BCUT2D eigenvalue weighted by atomic mass is 31.1. The molecule has 0 spiro atoms. The van der Waals surface area contributed by atoms with Crippen molar-refractivity contribution in [2.24, 2.45) is 0 Å². The Labute approximate surface area is 66.1 Å². The molecule has 0 aliphatic heterocycles. The van der Waals surface area contributed by atoms with Gasteiger partial charge in [-0.05, 0) is 12.6 Å². The van der Waals surface area contributed by atoms with E-state index in [-0.39, 0.29) is 8.81 Å². The van der Waals surface area contributed by atoms with E-state index in [0.29, 0.717) is 0 Å². The summed E-state index contributed by atoms with van der Waals surface area (Å²) >= 11 is 0. The van der Waals surface area contributed by atoms with Crippen LogP contribution in [0.1, 0.15) is 45.4 Å². The Morgan fingerprint density at radius 1 is 1.00 bits per heavy atom. The van der Waals surface area contributed by atoms with Gasteiger partial charge in [-0.3, -0.25) is 0 Å².